The number of hydrogen-bond donors (Lipinski definition) is 2. The molecule has 1 amide bonds. The van der Waals surface area contributed by atoms with Gasteiger partial charge in [0.2, 0.25) is 5.91 Å². The van der Waals surface area contributed by atoms with E-state index < -0.39 is 0 Å². The molecule has 1 unspecified atom stereocenters. The van der Waals surface area contributed by atoms with Crippen molar-refractivity contribution in [2.45, 2.75) is 47.6 Å². The van der Waals surface area contributed by atoms with Crippen LogP contribution < -0.4 is 10.6 Å². The standard InChI is InChI=1S/C7H16N2O.C3H4.C2H6/c1-4-8-5-6(2)9-7(3)10;1-3-2;1-2/h6,8H,4-5H2,1-3H3,(H,9,10);1H,2H3;1-2H3. The lowest BCUT2D eigenvalue weighted by Gasteiger charge is -2.11. The van der Waals surface area contributed by atoms with Gasteiger partial charge in [-0.3, -0.25) is 4.79 Å². The van der Waals surface area contributed by atoms with Crippen LogP contribution in [0.4, 0.5) is 0 Å². The Morgan fingerprint density at radius 3 is 2.13 bits per heavy atom. The molecule has 0 saturated heterocycles. The van der Waals surface area contributed by atoms with E-state index >= 15 is 0 Å². The van der Waals surface area contributed by atoms with E-state index in [-0.39, 0.29) is 11.9 Å². The zero-order valence-corrected chi connectivity index (χ0v) is 11.0. The van der Waals surface area contributed by atoms with Gasteiger partial charge >= 0.3 is 0 Å². The summed E-state index contributed by atoms with van der Waals surface area (Å²) in [6, 6.07) is 0.234. The maximum atomic E-state index is 10.5. The first kappa shape index (κ1) is 19.5. The van der Waals surface area contributed by atoms with Crippen LogP contribution in [0.2, 0.25) is 0 Å². The number of carbonyl (C=O) groups is 1. The Balaban J connectivity index is -0.000000245. The maximum Gasteiger partial charge on any atom is 0.217 e. The quantitative estimate of drug-likeness (QED) is 0.701. The number of carbonyl (C=O) groups excluding carboxylic acids is 1. The smallest absolute Gasteiger partial charge is 0.217 e. The second-order valence-electron chi connectivity index (χ2n) is 2.70. The van der Waals surface area contributed by atoms with Crippen molar-refractivity contribution in [3.05, 3.63) is 0 Å². The largest absolute Gasteiger partial charge is 0.353 e. The summed E-state index contributed by atoms with van der Waals surface area (Å²) < 4.78 is 0. The van der Waals surface area contributed by atoms with E-state index in [9.17, 15) is 4.79 Å². The minimum atomic E-state index is 0.0328. The number of rotatable bonds is 4. The van der Waals surface area contributed by atoms with Crippen LogP contribution >= 0.6 is 0 Å². The second kappa shape index (κ2) is 18.7. The normalized spacial score (nSPS) is 9.40. The van der Waals surface area contributed by atoms with Gasteiger partial charge < -0.3 is 10.6 Å². The van der Waals surface area contributed by atoms with Crippen LogP contribution in [0.15, 0.2) is 0 Å². The zero-order valence-electron chi connectivity index (χ0n) is 11.0. The Labute approximate surface area is 95.0 Å². The lowest BCUT2D eigenvalue weighted by molar-refractivity contribution is -0.119. The minimum Gasteiger partial charge on any atom is -0.353 e. The summed E-state index contributed by atoms with van der Waals surface area (Å²) in [5.74, 6) is 2.28. The van der Waals surface area contributed by atoms with Gasteiger partial charge in [-0.2, -0.15) is 0 Å². The summed E-state index contributed by atoms with van der Waals surface area (Å²) in [5.41, 5.74) is 0. The molecule has 0 spiro atoms. The molecule has 0 aromatic carbocycles. The molecule has 90 valence electrons. The molecule has 0 radical (unpaired) electrons. The molecule has 15 heavy (non-hydrogen) atoms. The molecular formula is C12H26N2O. The highest BCUT2D eigenvalue weighted by Gasteiger charge is 1.99. The third-order valence-electron chi connectivity index (χ3n) is 1.15. The Bertz CT molecular complexity index is 161. The van der Waals surface area contributed by atoms with Crippen molar-refractivity contribution in [3.8, 4) is 12.3 Å². The summed E-state index contributed by atoms with van der Waals surface area (Å²) >= 11 is 0. The van der Waals surface area contributed by atoms with Crippen molar-refractivity contribution in [2.75, 3.05) is 13.1 Å². The zero-order chi connectivity index (χ0) is 12.7. The fourth-order valence-corrected chi connectivity index (χ4v) is 0.759. The third kappa shape index (κ3) is 32.1. The maximum absolute atomic E-state index is 10.5. The van der Waals surface area contributed by atoms with Crippen molar-refractivity contribution in [2.24, 2.45) is 0 Å². The predicted molar refractivity (Wildman–Crippen MR) is 67.7 cm³/mol. The lowest BCUT2D eigenvalue weighted by atomic mass is 10.3. The molecule has 0 heterocycles. The molecule has 2 N–H and O–H groups in total. The van der Waals surface area contributed by atoms with Gasteiger partial charge in [0.25, 0.3) is 0 Å². The van der Waals surface area contributed by atoms with E-state index in [0.29, 0.717) is 0 Å². The van der Waals surface area contributed by atoms with Crippen LogP contribution in [0.1, 0.15) is 41.5 Å². The fraction of sp³-hybridized carbons (Fsp3) is 0.750. The van der Waals surface area contributed by atoms with Crippen molar-refractivity contribution in [1.82, 2.24) is 10.6 Å². The van der Waals surface area contributed by atoms with Gasteiger partial charge in [-0.1, -0.05) is 20.8 Å². The summed E-state index contributed by atoms with van der Waals surface area (Å²) in [4.78, 5) is 10.5. The molecule has 0 aliphatic carbocycles. The summed E-state index contributed by atoms with van der Waals surface area (Å²) in [5, 5.41) is 5.91. The molecule has 3 nitrogen and oxygen atoms in total. The monoisotopic (exact) mass is 214 g/mol. The first-order valence-corrected chi connectivity index (χ1v) is 5.43. The molecule has 0 aliphatic rings. The van der Waals surface area contributed by atoms with E-state index in [0.717, 1.165) is 13.1 Å². The minimum absolute atomic E-state index is 0.0328. The molecule has 0 saturated carbocycles. The topological polar surface area (TPSA) is 41.1 Å². The number of amides is 1. The molecule has 0 bridgehead atoms. The Morgan fingerprint density at radius 1 is 1.47 bits per heavy atom. The second-order valence-corrected chi connectivity index (χ2v) is 2.70. The average Bonchev–Trinajstić information content (AvgIpc) is 2.18. The van der Waals surface area contributed by atoms with Crippen molar-refractivity contribution < 1.29 is 4.79 Å². The number of likely N-dealkylation sites (N-methyl/N-ethyl adjacent to an activating group) is 1. The Hall–Kier alpha value is -1.01. The molecule has 0 fully saturated rings. The summed E-state index contributed by atoms with van der Waals surface area (Å²) in [7, 11) is 0. The number of terminal acetylenes is 1. The molecule has 1 atom stereocenters. The van der Waals surface area contributed by atoms with E-state index in [1.54, 1.807) is 6.92 Å². The van der Waals surface area contributed by atoms with Crippen LogP contribution in [-0.4, -0.2) is 25.0 Å². The highest BCUT2D eigenvalue weighted by Crippen LogP contribution is 1.76. The van der Waals surface area contributed by atoms with Gasteiger partial charge in [0.15, 0.2) is 0 Å². The molecular weight excluding hydrogens is 188 g/mol. The first-order valence-electron chi connectivity index (χ1n) is 5.43. The molecule has 0 aliphatic heterocycles. The molecule has 0 aromatic heterocycles. The fourth-order valence-electron chi connectivity index (χ4n) is 0.759. The highest BCUT2D eigenvalue weighted by molar-refractivity contribution is 5.73. The van der Waals surface area contributed by atoms with E-state index in [1.807, 2.05) is 27.7 Å². The van der Waals surface area contributed by atoms with Crippen molar-refractivity contribution in [3.63, 3.8) is 0 Å². The Morgan fingerprint density at radius 2 is 1.87 bits per heavy atom. The number of nitrogens with one attached hydrogen (secondary N) is 2. The van der Waals surface area contributed by atoms with Crippen LogP contribution in [-0.2, 0) is 4.79 Å². The molecule has 0 rings (SSSR count). The third-order valence-corrected chi connectivity index (χ3v) is 1.15. The van der Waals surface area contributed by atoms with Crippen LogP contribution in [0.25, 0.3) is 0 Å². The van der Waals surface area contributed by atoms with Gasteiger partial charge in [0.05, 0.1) is 0 Å². The van der Waals surface area contributed by atoms with Gasteiger partial charge in [-0.05, 0) is 20.4 Å². The number of hydrogen-bond acceptors (Lipinski definition) is 2. The van der Waals surface area contributed by atoms with Gasteiger partial charge in [-0.15, -0.1) is 12.3 Å². The van der Waals surface area contributed by atoms with Gasteiger partial charge in [-0.25, -0.2) is 0 Å². The Kier molecular flexibility index (Phi) is 24.4. The molecule has 3 heteroatoms. The van der Waals surface area contributed by atoms with Gasteiger partial charge in [0, 0.05) is 19.5 Å². The van der Waals surface area contributed by atoms with Gasteiger partial charge in [0.1, 0.15) is 0 Å². The van der Waals surface area contributed by atoms with Crippen molar-refractivity contribution in [1.29, 1.82) is 0 Å². The van der Waals surface area contributed by atoms with E-state index in [4.69, 9.17) is 0 Å². The summed E-state index contributed by atoms with van der Waals surface area (Å²) in [6.07, 6.45) is 4.60. The van der Waals surface area contributed by atoms with Crippen LogP contribution in [0, 0.1) is 12.3 Å². The van der Waals surface area contributed by atoms with Crippen molar-refractivity contribution >= 4 is 5.91 Å². The SMILES string of the molecule is C#CC.CC.CCNCC(C)NC(C)=O. The van der Waals surface area contributed by atoms with Crippen LogP contribution in [0.5, 0.6) is 0 Å². The van der Waals surface area contributed by atoms with Crippen LogP contribution in [0.3, 0.4) is 0 Å². The van der Waals surface area contributed by atoms with E-state index in [1.165, 1.54) is 6.92 Å². The average molecular weight is 214 g/mol. The predicted octanol–water partition coefficient (Wildman–Crippen LogP) is 1.79. The highest BCUT2D eigenvalue weighted by atomic mass is 16.1. The summed E-state index contributed by atoms with van der Waals surface area (Å²) in [6.45, 7) is 13.0. The van der Waals surface area contributed by atoms with E-state index in [2.05, 4.69) is 23.0 Å². The molecule has 0 aromatic rings. The first-order chi connectivity index (χ1) is 7.08. The lowest BCUT2D eigenvalue weighted by Crippen LogP contribution is -2.38.